The van der Waals surface area contributed by atoms with Gasteiger partial charge in [-0.15, -0.1) is 0 Å². The fourth-order valence-electron chi connectivity index (χ4n) is 2.97. The number of para-hydroxylation sites is 1. The number of aromatic hydroxyl groups is 1. The standard InChI is InChI=1S/C18H20N2O2S2/c1-19(2)18(23)24-16-15(21)13-10-6-7-11-14(13)20(17(16)22)12-8-4-3-5-9-12/h3-5,8-9,21H,6-7,10-11H2,1-2H3. The first-order valence-corrected chi connectivity index (χ1v) is 9.17. The van der Waals surface area contributed by atoms with Crippen LogP contribution in [0.5, 0.6) is 5.75 Å². The van der Waals surface area contributed by atoms with E-state index in [1.54, 1.807) is 9.47 Å². The third kappa shape index (κ3) is 3.08. The van der Waals surface area contributed by atoms with Crippen molar-refractivity contribution in [1.82, 2.24) is 9.47 Å². The molecule has 0 amide bonds. The normalized spacial score (nSPS) is 13.4. The number of rotatable bonds is 2. The fourth-order valence-corrected chi connectivity index (χ4v) is 3.98. The highest BCUT2D eigenvalue weighted by Crippen LogP contribution is 2.36. The quantitative estimate of drug-likeness (QED) is 0.657. The highest BCUT2D eigenvalue weighted by molar-refractivity contribution is 8.23. The fraction of sp³-hybridized carbons (Fsp3) is 0.333. The minimum absolute atomic E-state index is 0.107. The van der Waals surface area contributed by atoms with E-state index in [1.165, 1.54) is 0 Å². The Hall–Kier alpha value is -1.79. The van der Waals surface area contributed by atoms with E-state index in [-0.39, 0.29) is 11.3 Å². The first-order valence-electron chi connectivity index (χ1n) is 7.95. The van der Waals surface area contributed by atoms with Crippen molar-refractivity contribution in [2.24, 2.45) is 0 Å². The zero-order valence-corrected chi connectivity index (χ0v) is 15.4. The van der Waals surface area contributed by atoms with Crippen molar-refractivity contribution in [2.75, 3.05) is 14.1 Å². The smallest absolute Gasteiger partial charge is 0.273 e. The van der Waals surface area contributed by atoms with E-state index >= 15 is 0 Å². The molecule has 2 aromatic rings. The minimum atomic E-state index is -0.200. The Labute approximate surface area is 151 Å². The third-order valence-corrected chi connectivity index (χ3v) is 5.90. The van der Waals surface area contributed by atoms with E-state index in [9.17, 15) is 9.90 Å². The van der Waals surface area contributed by atoms with Gasteiger partial charge in [0.1, 0.15) is 15.0 Å². The molecule has 1 aromatic heterocycles. The molecule has 6 heteroatoms. The summed E-state index contributed by atoms with van der Waals surface area (Å²) in [5.74, 6) is 0.107. The van der Waals surface area contributed by atoms with Gasteiger partial charge in [0.25, 0.3) is 5.56 Å². The SMILES string of the molecule is CN(C)C(=S)Sc1c(O)c2c(n(-c3ccccc3)c1=O)CCCC2. The highest BCUT2D eigenvalue weighted by Gasteiger charge is 2.25. The molecule has 3 rings (SSSR count). The molecule has 4 nitrogen and oxygen atoms in total. The molecule has 1 aliphatic carbocycles. The van der Waals surface area contributed by atoms with Crippen molar-refractivity contribution in [2.45, 2.75) is 30.6 Å². The number of hydrogen-bond acceptors (Lipinski definition) is 4. The van der Waals surface area contributed by atoms with Crippen LogP contribution in [0.25, 0.3) is 5.69 Å². The molecule has 0 radical (unpaired) electrons. The van der Waals surface area contributed by atoms with Gasteiger partial charge in [-0.1, -0.05) is 42.2 Å². The average molecular weight is 361 g/mol. The monoisotopic (exact) mass is 360 g/mol. The zero-order valence-electron chi connectivity index (χ0n) is 13.8. The summed E-state index contributed by atoms with van der Waals surface area (Å²) in [4.78, 5) is 15.2. The third-order valence-electron chi connectivity index (χ3n) is 4.18. The van der Waals surface area contributed by atoms with Crippen LogP contribution in [-0.2, 0) is 12.8 Å². The van der Waals surface area contributed by atoms with Gasteiger partial charge >= 0.3 is 0 Å². The Bertz CT molecular complexity index is 829. The van der Waals surface area contributed by atoms with Crippen LogP contribution in [0.1, 0.15) is 24.1 Å². The molecule has 0 spiro atoms. The first kappa shape index (κ1) is 17.0. The number of benzene rings is 1. The molecule has 0 aliphatic heterocycles. The zero-order chi connectivity index (χ0) is 17.3. The summed E-state index contributed by atoms with van der Waals surface area (Å²) in [5, 5.41) is 10.7. The average Bonchev–Trinajstić information content (AvgIpc) is 2.59. The van der Waals surface area contributed by atoms with Crippen molar-refractivity contribution in [3.8, 4) is 11.4 Å². The van der Waals surface area contributed by atoms with Crippen LogP contribution in [0.4, 0.5) is 0 Å². The van der Waals surface area contributed by atoms with Gasteiger partial charge in [0, 0.05) is 31.0 Å². The molecule has 1 N–H and O–H groups in total. The van der Waals surface area contributed by atoms with E-state index in [1.807, 2.05) is 44.4 Å². The molecule has 0 atom stereocenters. The summed E-state index contributed by atoms with van der Waals surface area (Å²) in [6.45, 7) is 0. The molecule has 0 saturated heterocycles. The van der Waals surface area contributed by atoms with E-state index < -0.39 is 0 Å². The molecule has 0 bridgehead atoms. The lowest BCUT2D eigenvalue weighted by Crippen LogP contribution is -2.28. The summed E-state index contributed by atoms with van der Waals surface area (Å²) in [6.07, 6.45) is 3.64. The maximum Gasteiger partial charge on any atom is 0.273 e. The lowest BCUT2D eigenvalue weighted by atomic mass is 9.94. The van der Waals surface area contributed by atoms with Gasteiger partial charge in [0.15, 0.2) is 0 Å². The Kier molecular flexibility index (Phi) is 4.96. The summed E-state index contributed by atoms with van der Waals surface area (Å²) in [5.41, 5.74) is 2.44. The number of fused-ring (bicyclic) bond motifs is 1. The second-order valence-corrected chi connectivity index (χ2v) is 7.69. The van der Waals surface area contributed by atoms with Crippen molar-refractivity contribution in [3.63, 3.8) is 0 Å². The minimum Gasteiger partial charge on any atom is -0.506 e. The molecule has 0 fully saturated rings. The number of nitrogens with zero attached hydrogens (tertiary/aromatic N) is 2. The van der Waals surface area contributed by atoms with Crippen LogP contribution in [0, 0.1) is 0 Å². The van der Waals surface area contributed by atoms with Crippen LogP contribution in [-0.4, -0.2) is 33.0 Å². The van der Waals surface area contributed by atoms with Crippen LogP contribution in [0.15, 0.2) is 40.0 Å². The summed E-state index contributed by atoms with van der Waals surface area (Å²) in [6, 6.07) is 9.61. The molecule has 24 heavy (non-hydrogen) atoms. The predicted octanol–water partition coefficient (Wildman–Crippen LogP) is 3.36. The Morgan fingerprint density at radius 3 is 2.54 bits per heavy atom. The second kappa shape index (κ2) is 6.99. The van der Waals surface area contributed by atoms with Gasteiger partial charge < -0.3 is 10.0 Å². The Morgan fingerprint density at radius 1 is 1.21 bits per heavy atom. The number of hydrogen-bond donors (Lipinski definition) is 1. The topological polar surface area (TPSA) is 45.5 Å². The molecule has 0 unspecified atom stereocenters. The Morgan fingerprint density at radius 2 is 1.88 bits per heavy atom. The van der Waals surface area contributed by atoms with E-state index in [4.69, 9.17) is 12.2 Å². The maximum atomic E-state index is 13.1. The predicted molar refractivity (Wildman–Crippen MR) is 102 cm³/mol. The lowest BCUT2D eigenvalue weighted by molar-refractivity contribution is 0.441. The van der Waals surface area contributed by atoms with Gasteiger partial charge in [-0.2, -0.15) is 0 Å². The highest BCUT2D eigenvalue weighted by atomic mass is 32.2. The molecule has 1 heterocycles. The van der Waals surface area contributed by atoms with Crippen molar-refractivity contribution >= 4 is 28.3 Å². The maximum absolute atomic E-state index is 13.1. The van der Waals surface area contributed by atoms with Crippen LogP contribution in [0.2, 0.25) is 0 Å². The molecule has 1 aliphatic rings. The summed E-state index contributed by atoms with van der Waals surface area (Å²) >= 11 is 6.48. The second-order valence-electron chi connectivity index (χ2n) is 6.05. The van der Waals surface area contributed by atoms with Crippen LogP contribution < -0.4 is 5.56 Å². The van der Waals surface area contributed by atoms with E-state index in [0.29, 0.717) is 9.22 Å². The molecule has 1 aromatic carbocycles. The number of thioether (sulfide) groups is 1. The number of aromatic nitrogens is 1. The van der Waals surface area contributed by atoms with E-state index in [2.05, 4.69) is 0 Å². The van der Waals surface area contributed by atoms with Crippen molar-refractivity contribution in [1.29, 1.82) is 0 Å². The van der Waals surface area contributed by atoms with Crippen LogP contribution in [0.3, 0.4) is 0 Å². The molecule has 126 valence electrons. The van der Waals surface area contributed by atoms with E-state index in [0.717, 1.165) is 54.4 Å². The van der Waals surface area contributed by atoms with Gasteiger partial charge in [-0.25, -0.2) is 0 Å². The van der Waals surface area contributed by atoms with Gasteiger partial charge in [-0.05, 0) is 37.8 Å². The van der Waals surface area contributed by atoms with Gasteiger partial charge in [-0.3, -0.25) is 9.36 Å². The van der Waals surface area contributed by atoms with Crippen LogP contribution >= 0.6 is 24.0 Å². The van der Waals surface area contributed by atoms with Gasteiger partial charge in [0.05, 0.1) is 0 Å². The molecule has 0 saturated carbocycles. The summed E-state index contributed by atoms with van der Waals surface area (Å²) < 4.78 is 2.30. The van der Waals surface area contributed by atoms with Crippen molar-refractivity contribution in [3.05, 3.63) is 51.9 Å². The lowest BCUT2D eigenvalue weighted by Gasteiger charge is -2.24. The largest absolute Gasteiger partial charge is 0.506 e. The number of thiocarbonyl (C=S) groups is 1. The first-order chi connectivity index (χ1) is 11.5. The number of pyridine rings is 1. The summed E-state index contributed by atoms with van der Waals surface area (Å²) in [7, 11) is 3.67. The van der Waals surface area contributed by atoms with Crippen molar-refractivity contribution < 1.29 is 5.11 Å². The Balaban J connectivity index is 2.24. The van der Waals surface area contributed by atoms with Gasteiger partial charge in [0.2, 0.25) is 0 Å². The molecular formula is C18H20N2O2S2. The molecular weight excluding hydrogens is 340 g/mol.